The third kappa shape index (κ3) is 4.06. The van der Waals surface area contributed by atoms with Gasteiger partial charge in [0.1, 0.15) is 17.3 Å². The van der Waals surface area contributed by atoms with E-state index < -0.39 is 5.97 Å². The summed E-state index contributed by atoms with van der Waals surface area (Å²) in [6.45, 7) is 5.66. The van der Waals surface area contributed by atoms with E-state index in [0.29, 0.717) is 17.2 Å². The fraction of sp³-hybridized carbons (Fsp3) is 0.190. The molecule has 0 bridgehead atoms. The van der Waals surface area contributed by atoms with Crippen molar-refractivity contribution < 1.29 is 19.4 Å². The molecule has 1 aliphatic rings. The number of hydrogen-bond donors (Lipinski definition) is 1. The number of carbonyl (C=O) groups is 2. The monoisotopic (exact) mass is 364 g/mol. The number of amides is 1. The Bertz CT molecular complexity index is 926. The maximum Gasteiger partial charge on any atom is 0.335 e. The van der Waals surface area contributed by atoms with Gasteiger partial charge >= 0.3 is 5.97 Å². The van der Waals surface area contributed by atoms with E-state index in [2.05, 4.69) is 4.99 Å². The van der Waals surface area contributed by atoms with Gasteiger partial charge in [-0.3, -0.25) is 9.69 Å². The van der Waals surface area contributed by atoms with E-state index in [1.54, 1.807) is 25.1 Å². The quantitative estimate of drug-likeness (QED) is 0.814. The van der Waals surface area contributed by atoms with Crippen LogP contribution in [0, 0.1) is 0 Å². The van der Waals surface area contributed by atoms with E-state index in [9.17, 15) is 9.59 Å². The van der Waals surface area contributed by atoms with E-state index >= 15 is 0 Å². The van der Waals surface area contributed by atoms with Crippen molar-refractivity contribution in [3.8, 4) is 5.75 Å². The predicted molar refractivity (Wildman–Crippen MR) is 104 cm³/mol. The second kappa shape index (κ2) is 7.45. The van der Waals surface area contributed by atoms with Crippen LogP contribution >= 0.6 is 0 Å². The molecule has 1 amide bonds. The highest BCUT2D eigenvalue weighted by atomic mass is 16.5. The van der Waals surface area contributed by atoms with Gasteiger partial charge in [-0.25, -0.2) is 9.79 Å². The third-order valence-electron chi connectivity index (χ3n) is 3.96. The summed E-state index contributed by atoms with van der Waals surface area (Å²) in [5, 5.41) is 9.00. The zero-order valence-corrected chi connectivity index (χ0v) is 15.3. The maximum absolute atomic E-state index is 12.8. The molecule has 0 aromatic heterocycles. The molecule has 1 N–H and O–H groups in total. The van der Waals surface area contributed by atoms with Gasteiger partial charge in [0.25, 0.3) is 5.91 Å². The summed E-state index contributed by atoms with van der Waals surface area (Å²) in [4.78, 5) is 29.6. The Morgan fingerprint density at radius 2 is 1.74 bits per heavy atom. The average Bonchev–Trinajstić information content (AvgIpc) is 2.90. The molecule has 3 rings (SSSR count). The standard InChI is InChI=1S/C21H20N2O4/c1-13(2)27-18-10-4-15(5-11-18)12-19-20(24)23(14(3)22-19)17-8-6-16(7-9-17)21(25)26/h4-13H,1-3H3,(H,25,26). The number of ether oxygens (including phenoxy) is 1. The molecule has 0 aliphatic carbocycles. The molecular formula is C21H20N2O4. The first-order chi connectivity index (χ1) is 12.8. The highest BCUT2D eigenvalue weighted by Gasteiger charge is 2.28. The summed E-state index contributed by atoms with van der Waals surface area (Å²) in [6.07, 6.45) is 1.82. The normalized spacial score (nSPS) is 15.4. The molecule has 1 aliphatic heterocycles. The van der Waals surface area contributed by atoms with Crippen LogP contribution in [0.5, 0.6) is 5.75 Å². The predicted octanol–water partition coefficient (Wildman–Crippen LogP) is 3.98. The zero-order valence-electron chi connectivity index (χ0n) is 15.3. The van der Waals surface area contributed by atoms with Crippen molar-refractivity contribution in [2.45, 2.75) is 26.9 Å². The number of amidine groups is 1. The van der Waals surface area contributed by atoms with E-state index in [0.717, 1.165) is 11.3 Å². The van der Waals surface area contributed by atoms with Gasteiger partial charge in [-0.15, -0.1) is 0 Å². The summed E-state index contributed by atoms with van der Waals surface area (Å²) in [7, 11) is 0. The van der Waals surface area contributed by atoms with Gasteiger partial charge in [-0.1, -0.05) is 12.1 Å². The van der Waals surface area contributed by atoms with E-state index in [1.165, 1.54) is 17.0 Å². The van der Waals surface area contributed by atoms with Gasteiger partial charge in [0, 0.05) is 0 Å². The molecule has 2 aromatic carbocycles. The fourth-order valence-corrected chi connectivity index (χ4v) is 2.76. The second-order valence-corrected chi connectivity index (χ2v) is 6.42. The smallest absolute Gasteiger partial charge is 0.335 e. The average molecular weight is 364 g/mol. The SMILES string of the molecule is CC1=NC(=Cc2ccc(OC(C)C)cc2)C(=O)N1c1ccc(C(=O)O)cc1. The Morgan fingerprint density at radius 1 is 1.11 bits per heavy atom. The maximum atomic E-state index is 12.8. The minimum Gasteiger partial charge on any atom is -0.491 e. The molecule has 6 heteroatoms. The number of aromatic carboxylic acids is 1. The number of rotatable bonds is 5. The number of aliphatic imine (C=N–C) groups is 1. The summed E-state index contributed by atoms with van der Waals surface area (Å²) in [5.41, 5.74) is 1.91. The first kappa shape index (κ1) is 18.4. The molecule has 0 saturated heterocycles. The van der Waals surface area contributed by atoms with Crippen LogP contribution in [0.1, 0.15) is 36.7 Å². The number of benzene rings is 2. The number of nitrogens with zero attached hydrogens (tertiary/aromatic N) is 2. The van der Waals surface area contributed by atoms with Crippen LogP contribution in [-0.2, 0) is 4.79 Å². The van der Waals surface area contributed by atoms with Crippen LogP contribution in [-0.4, -0.2) is 28.9 Å². The van der Waals surface area contributed by atoms with Crippen LogP contribution in [0.3, 0.4) is 0 Å². The first-order valence-corrected chi connectivity index (χ1v) is 8.56. The summed E-state index contributed by atoms with van der Waals surface area (Å²) < 4.78 is 5.61. The van der Waals surface area contributed by atoms with Crippen LogP contribution in [0.4, 0.5) is 5.69 Å². The van der Waals surface area contributed by atoms with E-state index in [4.69, 9.17) is 9.84 Å². The molecule has 1 heterocycles. The zero-order chi connectivity index (χ0) is 19.6. The summed E-state index contributed by atoms with van der Waals surface area (Å²) >= 11 is 0. The molecule has 2 aromatic rings. The molecule has 0 spiro atoms. The summed E-state index contributed by atoms with van der Waals surface area (Å²) in [6, 6.07) is 13.6. The lowest BCUT2D eigenvalue weighted by molar-refractivity contribution is -0.113. The van der Waals surface area contributed by atoms with Crippen molar-refractivity contribution in [2.75, 3.05) is 4.90 Å². The molecule has 27 heavy (non-hydrogen) atoms. The Balaban J connectivity index is 1.82. The number of carboxylic acids is 1. The van der Waals surface area contributed by atoms with Crippen LogP contribution < -0.4 is 9.64 Å². The number of carbonyl (C=O) groups excluding carboxylic acids is 1. The van der Waals surface area contributed by atoms with E-state index in [1.807, 2.05) is 38.1 Å². The van der Waals surface area contributed by atoms with E-state index in [-0.39, 0.29) is 17.6 Å². The molecule has 0 atom stereocenters. The Hall–Kier alpha value is -3.41. The fourth-order valence-electron chi connectivity index (χ4n) is 2.76. The first-order valence-electron chi connectivity index (χ1n) is 8.56. The van der Waals surface area contributed by atoms with Gasteiger partial charge in [-0.05, 0) is 68.8 Å². The molecule has 0 radical (unpaired) electrons. The summed E-state index contributed by atoms with van der Waals surface area (Å²) in [5.74, 6) is 0.0436. The van der Waals surface area contributed by atoms with Crippen LogP contribution in [0.15, 0.2) is 59.2 Å². The topological polar surface area (TPSA) is 79.2 Å². The molecular weight excluding hydrogens is 344 g/mol. The Labute approximate surface area is 157 Å². The van der Waals surface area contributed by atoms with Crippen molar-refractivity contribution >= 4 is 29.5 Å². The molecule has 6 nitrogen and oxygen atoms in total. The highest BCUT2D eigenvalue weighted by Crippen LogP contribution is 2.26. The highest BCUT2D eigenvalue weighted by molar-refractivity contribution is 6.28. The minimum atomic E-state index is -1.01. The van der Waals surface area contributed by atoms with Crippen molar-refractivity contribution in [2.24, 2.45) is 4.99 Å². The number of hydrogen-bond acceptors (Lipinski definition) is 4. The lowest BCUT2D eigenvalue weighted by atomic mass is 10.1. The van der Waals surface area contributed by atoms with Gasteiger partial charge < -0.3 is 9.84 Å². The van der Waals surface area contributed by atoms with Gasteiger partial charge in [0.2, 0.25) is 0 Å². The molecule has 0 fully saturated rings. The lowest BCUT2D eigenvalue weighted by Crippen LogP contribution is -2.30. The van der Waals surface area contributed by atoms with Crippen molar-refractivity contribution in [1.29, 1.82) is 0 Å². The van der Waals surface area contributed by atoms with Crippen molar-refractivity contribution in [3.63, 3.8) is 0 Å². The number of anilines is 1. The second-order valence-electron chi connectivity index (χ2n) is 6.42. The Morgan fingerprint density at radius 3 is 2.30 bits per heavy atom. The molecule has 0 saturated carbocycles. The van der Waals surface area contributed by atoms with Crippen molar-refractivity contribution in [3.05, 3.63) is 65.4 Å². The lowest BCUT2D eigenvalue weighted by Gasteiger charge is -2.16. The van der Waals surface area contributed by atoms with Gasteiger partial charge in [-0.2, -0.15) is 0 Å². The van der Waals surface area contributed by atoms with Gasteiger partial charge in [0.05, 0.1) is 17.4 Å². The largest absolute Gasteiger partial charge is 0.491 e. The minimum absolute atomic E-state index is 0.0962. The molecule has 138 valence electrons. The third-order valence-corrected chi connectivity index (χ3v) is 3.96. The van der Waals surface area contributed by atoms with Gasteiger partial charge in [0.15, 0.2) is 0 Å². The Kier molecular flexibility index (Phi) is 5.07. The van der Waals surface area contributed by atoms with Crippen LogP contribution in [0.2, 0.25) is 0 Å². The van der Waals surface area contributed by atoms with Crippen LogP contribution in [0.25, 0.3) is 6.08 Å². The number of carboxylic acid groups (broad SMARTS) is 1. The molecule has 0 unspecified atom stereocenters. The van der Waals surface area contributed by atoms with Crippen molar-refractivity contribution in [1.82, 2.24) is 0 Å².